The first-order valence-electron chi connectivity index (χ1n) is 12.4. The maximum absolute atomic E-state index is 14.9. The number of ether oxygens (including phenoxy) is 1. The summed E-state index contributed by atoms with van der Waals surface area (Å²) in [7, 11) is 0. The molecule has 0 atom stereocenters. The highest BCUT2D eigenvalue weighted by Crippen LogP contribution is 2.28. The molecule has 0 saturated carbocycles. The third kappa shape index (κ3) is 6.83. The van der Waals surface area contributed by atoms with Crippen LogP contribution >= 0.6 is 0 Å². The van der Waals surface area contributed by atoms with Crippen molar-refractivity contribution in [3.05, 3.63) is 59.3 Å². The maximum atomic E-state index is 14.9. The molecule has 6 nitrogen and oxygen atoms in total. The van der Waals surface area contributed by atoms with E-state index in [1.165, 1.54) is 0 Å². The van der Waals surface area contributed by atoms with E-state index >= 15 is 0 Å². The molecule has 0 radical (unpaired) electrons. The first kappa shape index (κ1) is 27.4. The number of benzene rings is 1. The number of hydrogen-bond donors (Lipinski definition) is 2. The van der Waals surface area contributed by atoms with Crippen LogP contribution in [0, 0.1) is 29.0 Å². The van der Waals surface area contributed by atoms with Crippen molar-refractivity contribution in [2.75, 3.05) is 25.1 Å². The number of hydrogen-bond acceptors (Lipinski definition) is 5. The summed E-state index contributed by atoms with van der Waals surface area (Å²) in [5.74, 6) is 5.08. The fourth-order valence-electron chi connectivity index (χ4n) is 4.28. The molecule has 4 rings (SSSR count). The molecule has 3 aromatic rings. The number of alkyl halides is 3. The minimum Gasteiger partial charge on any atom is -0.381 e. The molecular formula is C28H29F4N5O. The van der Waals surface area contributed by atoms with Crippen molar-refractivity contribution in [3.8, 4) is 17.9 Å². The third-order valence-corrected chi connectivity index (χ3v) is 6.49. The van der Waals surface area contributed by atoms with Crippen LogP contribution in [-0.4, -0.2) is 41.5 Å². The van der Waals surface area contributed by atoms with E-state index in [-0.39, 0.29) is 30.3 Å². The minimum atomic E-state index is -4.50. The Morgan fingerprint density at radius 1 is 1.16 bits per heavy atom. The van der Waals surface area contributed by atoms with Gasteiger partial charge in [0.25, 0.3) is 0 Å². The van der Waals surface area contributed by atoms with Gasteiger partial charge in [0, 0.05) is 36.8 Å². The quantitative estimate of drug-likeness (QED) is 0.324. The average molecular weight is 528 g/mol. The number of nitrogens with one attached hydrogen (secondary N) is 2. The molecule has 3 heterocycles. The first-order chi connectivity index (χ1) is 18.1. The number of nitrogens with zero attached hydrogens (tertiary/aromatic N) is 3. The van der Waals surface area contributed by atoms with Gasteiger partial charge in [-0.05, 0) is 62.9 Å². The summed E-state index contributed by atoms with van der Waals surface area (Å²) in [5, 5.41) is 16.1. The SMILES string of the molecule is CC(C)(C#N)c1ccc(NCC#Cc2cc3cc(CNC4CCOCC4)c(F)cc3n2CC(F)(F)F)cn1. The summed E-state index contributed by atoms with van der Waals surface area (Å²) >= 11 is 0. The first-order valence-corrected chi connectivity index (χ1v) is 12.4. The lowest BCUT2D eigenvalue weighted by atomic mass is 9.91. The standard InChI is InChI=1S/C28H29F4N5O/c1-27(2,17-33)26-6-5-22(16-36-26)34-9-3-4-23-13-19-12-20(15-35-21-7-10-38-11-8-21)24(29)14-25(19)37(23)18-28(30,31)32/h5-6,12-14,16,21,34-35H,7-11,15,18H2,1-2H3. The van der Waals surface area contributed by atoms with E-state index in [2.05, 4.69) is 33.5 Å². The highest BCUT2D eigenvalue weighted by atomic mass is 19.4. The summed E-state index contributed by atoms with van der Waals surface area (Å²) in [6.45, 7) is 4.00. The highest BCUT2D eigenvalue weighted by Gasteiger charge is 2.30. The Bertz CT molecular complexity index is 1370. The van der Waals surface area contributed by atoms with Crippen molar-refractivity contribution in [3.63, 3.8) is 0 Å². The molecule has 1 fully saturated rings. The zero-order chi connectivity index (χ0) is 27.3. The monoisotopic (exact) mass is 527 g/mol. The molecule has 0 amide bonds. The second-order valence-corrected chi connectivity index (χ2v) is 9.83. The van der Waals surface area contributed by atoms with Crippen molar-refractivity contribution in [2.24, 2.45) is 0 Å². The van der Waals surface area contributed by atoms with Crippen LogP contribution in [0.15, 0.2) is 36.5 Å². The van der Waals surface area contributed by atoms with Crippen LogP contribution in [0.5, 0.6) is 0 Å². The van der Waals surface area contributed by atoms with Crippen molar-refractivity contribution in [1.29, 1.82) is 5.26 Å². The topological polar surface area (TPSA) is 74.9 Å². The van der Waals surface area contributed by atoms with Crippen LogP contribution in [0.4, 0.5) is 23.2 Å². The number of aromatic nitrogens is 2. The van der Waals surface area contributed by atoms with Gasteiger partial charge in [-0.1, -0.05) is 5.92 Å². The van der Waals surface area contributed by atoms with E-state index in [1.54, 1.807) is 44.3 Å². The van der Waals surface area contributed by atoms with E-state index in [0.717, 1.165) is 23.5 Å². The Morgan fingerprint density at radius 3 is 2.58 bits per heavy atom. The predicted molar refractivity (Wildman–Crippen MR) is 137 cm³/mol. The number of halogens is 4. The van der Waals surface area contributed by atoms with Gasteiger partial charge in [-0.3, -0.25) is 4.98 Å². The summed E-state index contributed by atoms with van der Waals surface area (Å²) in [6, 6.07) is 10.2. The van der Waals surface area contributed by atoms with Gasteiger partial charge in [0.15, 0.2) is 0 Å². The molecule has 2 aromatic heterocycles. The molecule has 38 heavy (non-hydrogen) atoms. The molecule has 1 saturated heterocycles. The molecule has 0 spiro atoms. The third-order valence-electron chi connectivity index (χ3n) is 6.49. The number of fused-ring (bicyclic) bond motifs is 1. The molecule has 1 aliphatic heterocycles. The van der Waals surface area contributed by atoms with E-state index in [0.29, 0.717) is 35.5 Å². The van der Waals surface area contributed by atoms with Crippen molar-refractivity contribution in [1.82, 2.24) is 14.9 Å². The molecule has 10 heteroatoms. The normalized spacial score (nSPS) is 14.7. The van der Waals surface area contributed by atoms with Crippen LogP contribution in [0.3, 0.4) is 0 Å². The molecule has 1 aromatic carbocycles. The fourth-order valence-corrected chi connectivity index (χ4v) is 4.28. The van der Waals surface area contributed by atoms with Crippen LogP contribution in [0.25, 0.3) is 10.9 Å². The second-order valence-electron chi connectivity index (χ2n) is 9.83. The summed E-state index contributed by atoms with van der Waals surface area (Å²) in [4.78, 5) is 4.29. The highest BCUT2D eigenvalue weighted by molar-refractivity contribution is 5.83. The van der Waals surface area contributed by atoms with Crippen LogP contribution in [0.2, 0.25) is 0 Å². The lowest BCUT2D eigenvalue weighted by Crippen LogP contribution is -2.34. The average Bonchev–Trinajstić information content (AvgIpc) is 3.20. The van der Waals surface area contributed by atoms with Crippen LogP contribution in [-0.2, 0) is 23.2 Å². The van der Waals surface area contributed by atoms with Crippen molar-refractivity contribution >= 4 is 16.6 Å². The van der Waals surface area contributed by atoms with E-state index in [9.17, 15) is 22.8 Å². The van der Waals surface area contributed by atoms with E-state index < -0.39 is 24.0 Å². The number of nitriles is 1. The van der Waals surface area contributed by atoms with Crippen molar-refractivity contribution < 1.29 is 22.3 Å². The molecule has 0 aliphatic carbocycles. The molecule has 0 unspecified atom stereocenters. The van der Waals surface area contributed by atoms with Crippen molar-refractivity contribution in [2.45, 2.75) is 57.4 Å². The number of rotatable bonds is 7. The van der Waals surface area contributed by atoms with Gasteiger partial charge < -0.3 is 19.9 Å². The minimum absolute atomic E-state index is 0.145. The Balaban J connectivity index is 1.52. The molecule has 2 N–H and O–H groups in total. The van der Waals surface area contributed by atoms with Gasteiger partial charge in [0.1, 0.15) is 12.4 Å². The van der Waals surface area contributed by atoms with Gasteiger partial charge in [-0.25, -0.2) is 4.39 Å². The van der Waals surface area contributed by atoms with Crippen LogP contribution in [0.1, 0.15) is 43.6 Å². The molecular weight excluding hydrogens is 498 g/mol. The van der Waals surface area contributed by atoms with Gasteiger partial charge >= 0.3 is 6.18 Å². The predicted octanol–water partition coefficient (Wildman–Crippen LogP) is 5.27. The molecule has 1 aliphatic rings. The second kappa shape index (κ2) is 11.4. The van der Waals surface area contributed by atoms with E-state index in [4.69, 9.17) is 4.74 Å². The maximum Gasteiger partial charge on any atom is 0.406 e. The van der Waals surface area contributed by atoms with Gasteiger partial charge in [0.05, 0.1) is 46.8 Å². The lowest BCUT2D eigenvalue weighted by Gasteiger charge is -2.23. The largest absolute Gasteiger partial charge is 0.406 e. The number of pyridine rings is 1. The zero-order valence-corrected chi connectivity index (χ0v) is 21.3. The Morgan fingerprint density at radius 2 is 1.92 bits per heavy atom. The van der Waals surface area contributed by atoms with Gasteiger partial charge in [-0.2, -0.15) is 18.4 Å². The van der Waals surface area contributed by atoms with E-state index in [1.807, 2.05) is 0 Å². The Hall–Kier alpha value is -3.60. The fraction of sp³-hybridized carbons (Fsp3) is 0.429. The molecule has 200 valence electrons. The Kier molecular flexibility index (Phi) is 8.25. The lowest BCUT2D eigenvalue weighted by molar-refractivity contribution is -0.140. The summed E-state index contributed by atoms with van der Waals surface area (Å²) in [5.41, 5.74) is 1.26. The summed E-state index contributed by atoms with van der Waals surface area (Å²) in [6.07, 6.45) is -1.25. The zero-order valence-electron chi connectivity index (χ0n) is 21.3. The van der Waals surface area contributed by atoms with Crippen LogP contribution < -0.4 is 10.6 Å². The van der Waals surface area contributed by atoms with Gasteiger partial charge in [-0.15, -0.1) is 0 Å². The smallest absolute Gasteiger partial charge is 0.381 e. The van der Waals surface area contributed by atoms with Gasteiger partial charge in [0.2, 0.25) is 0 Å². The number of anilines is 1. The summed E-state index contributed by atoms with van der Waals surface area (Å²) < 4.78 is 61.3. The Labute approximate surface area is 219 Å². The molecule has 0 bridgehead atoms.